The number of nitrogens with zero attached hydrogens (tertiary/aromatic N) is 3. The zero-order chi connectivity index (χ0) is 10.7. The highest BCUT2D eigenvalue weighted by atomic mass is 15.2. The van der Waals surface area contributed by atoms with Gasteiger partial charge in [-0.15, -0.1) is 10.2 Å². The third-order valence-corrected chi connectivity index (χ3v) is 3.45. The first kappa shape index (κ1) is 10.6. The number of hydrogen-bond acceptors (Lipinski definition) is 3. The van der Waals surface area contributed by atoms with Gasteiger partial charge in [-0.3, -0.25) is 0 Å². The maximum absolute atomic E-state index is 4.14. The van der Waals surface area contributed by atoms with E-state index in [0.717, 1.165) is 18.2 Å². The van der Waals surface area contributed by atoms with E-state index < -0.39 is 0 Å². The van der Waals surface area contributed by atoms with Crippen molar-refractivity contribution in [2.75, 3.05) is 13.1 Å². The molecule has 1 fully saturated rings. The molecular formula is C11H20N4. The van der Waals surface area contributed by atoms with Crippen LogP contribution in [-0.2, 0) is 13.5 Å². The van der Waals surface area contributed by atoms with Crippen LogP contribution in [0.5, 0.6) is 0 Å². The predicted molar refractivity (Wildman–Crippen MR) is 59.5 cm³/mol. The largest absolute Gasteiger partial charge is 0.321 e. The summed E-state index contributed by atoms with van der Waals surface area (Å²) in [6.07, 6.45) is 5.49. The highest BCUT2D eigenvalue weighted by molar-refractivity contribution is 4.88. The van der Waals surface area contributed by atoms with Gasteiger partial charge in [-0.2, -0.15) is 0 Å². The van der Waals surface area contributed by atoms with Gasteiger partial charge in [0.15, 0.2) is 0 Å². The fourth-order valence-electron chi connectivity index (χ4n) is 2.31. The van der Waals surface area contributed by atoms with E-state index in [1.165, 1.54) is 25.9 Å². The highest BCUT2D eigenvalue weighted by Gasteiger charge is 2.21. The first-order valence-electron chi connectivity index (χ1n) is 5.81. The van der Waals surface area contributed by atoms with Crippen LogP contribution in [0.3, 0.4) is 0 Å². The number of rotatable bonds is 3. The van der Waals surface area contributed by atoms with Crippen LogP contribution in [0.4, 0.5) is 0 Å². The first-order valence-corrected chi connectivity index (χ1v) is 5.81. The lowest BCUT2D eigenvalue weighted by Crippen LogP contribution is -2.34. The molecule has 0 spiro atoms. The minimum absolute atomic E-state index is 0.695. The molecule has 4 nitrogen and oxygen atoms in total. The molecule has 1 saturated heterocycles. The molecule has 1 aromatic heterocycles. The highest BCUT2D eigenvalue weighted by Crippen LogP contribution is 2.22. The van der Waals surface area contributed by atoms with Crippen molar-refractivity contribution >= 4 is 0 Å². The Bertz CT molecular complexity index is 301. The Morgan fingerprint density at radius 1 is 1.67 bits per heavy atom. The third-order valence-electron chi connectivity index (χ3n) is 3.45. The predicted octanol–water partition coefficient (Wildman–Crippen LogP) is 0.993. The van der Waals surface area contributed by atoms with Crippen LogP contribution in [-0.4, -0.2) is 27.9 Å². The van der Waals surface area contributed by atoms with Crippen LogP contribution in [0.15, 0.2) is 6.33 Å². The average Bonchev–Trinajstić information content (AvgIpc) is 2.66. The molecule has 0 radical (unpaired) electrons. The molecule has 84 valence electrons. The quantitative estimate of drug-likeness (QED) is 0.805. The Morgan fingerprint density at radius 3 is 3.13 bits per heavy atom. The van der Waals surface area contributed by atoms with Crippen LogP contribution in [0.1, 0.15) is 25.6 Å². The monoisotopic (exact) mass is 208 g/mol. The van der Waals surface area contributed by atoms with Crippen LogP contribution in [0.25, 0.3) is 0 Å². The Balaban J connectivity index is 1.91. The number of hydrogen-bond donors (Lipinski definition) is 1. The normalized spacial score (nSPS) is 24.0. The number of aromatic nitrogens is 3. The molecule has 0 bridgehead atoms. The summed E-state index contributed by atoms with van der Waals surface area (Å²) < 4.78 is 2.02. The van der Waals surface area contributed by atoms with Gasteiger partial charge in [0.05, 0.1) is 0 Å². The maximum atomic E-state index is 4.14. The van der Waals surface area contributed by atoms with E-state index in [1.54, 1.807) is 6.33 Å². The number of aryl methyl sites for hydroxylation is 1. The molecule has 1 aromatic rings. The van der Waals surface area contributed by atoms with E-state index in [2.05, 4.69) is 22.4 Å². The molecule has 2 atom stereocenters. The lowest BCUT2D eigenvalue weighted by atomic mass is 9.85. The van der Waals surface area contributed by atoms with E-state index in [9.17, 15) is 0 Å². The lowest BCUT2D eigenvalue weighted by Gasteiger charge is -2.28. The van der Waals surface area contributed by atoms with E-state index in [0.29, 0.717) is 5.92 Å². The Hall–Kier alpha value is -0.900. The van der Waals surface area contributed by atoms with Gasteiger partial charge in [0, 0.05) is 13.5 Å². The van der Waals surface area contributed by atoms with Crippen molar-refractivity contribution in [3.05, 3.63) is 12.2 Å². The first-order chi connectivity index (χ1) is 7.27. The van der Waals surface area contributed by atoms with Crippen LogP contribution in [0.2, 0.25) is 0 Å². The second kappa shape index (κ2) is 4.75. The maximum Gasteiger partial charge on any atom is 0.132 e. The Labute approximate surface area is 91.1 Å². The molecule has 4 heteroatoms. The number of nitrogens with one attached hydrogen (secondary N) is 1. The van der Waals surface area contributed by atoms with Crippen LogP contribution < -0.4 is 5.32 Å². The molecule has 15 heavy (non-hydrogen) atoms. The molecule has 0 saturated carbocycles. The van der Waals surface area contributed by atoms with Gasteiger partial charge in [-0.05, 0) is 37.8 Å². The van der Waals surface area contributed by atoms with Crippen molar-refractivity contribution < 1.29 is 0 Å². The molecule has 0 amide bonds. The van der Waals surface area contributed by atoms with Crippen molar-refractivity contribution in [2.24, 2.45) is 18.9 Å². The SMILES string of the molecule is CC(Cc1nncn1C)C1CCCNC1. The second-order valence-corrected chi connectivity index (χ2v) is 4.65. The molecule has 2 unspecified atom stereocenters. The molecule has 2 rings (SSSR count). The number of piperidine rings is 1. The van der Waals surface area contributed by atoms with Crippen LogP contribution in [0, 0.1) is 11.8 Å². The van der Waals surface area contributed by atoms with Gasteiger partial charge < -0.3 is 9.88 Å². The van der Waals surface area contributed by atoms with Gasteiger partial charge in [-0.25, -0.2) is 0 Å². The standard InChI is InChI=1S/C11H20N4/c1-9(10-4-3-5-12-7-10)6-11-14-13-8-15(11)2/h8-10,12H,3-7H2,1-2H3. The van der Waals surface area contributed by atoms with Crippen molar-refractivity contribution in [3.63, 3.8) is 0 Å². The van der Waals surface area contributed by atoms with Crippen molar-refractivity contribution in [3.8, 4) is 0 Å². The van der Waals surface area contributed by atoms with Crippen LogP contribution >= 0.6 is 0 Å². The molecule has 1 aliphatic heterocycles. The van der Waals surface area contributed by atoms with Gasteiger partial charge in [0.1, 0.15) is 12.2 Å². The van der Waals surface area contributed by atoms with E-state index in [-0.39, 0.29) is 0 Å². The lowest BCUT2D eigenvalue weighted by molar-refractivity contribution is 0.275. The molecule has 0 aromatic carbocycles. The molecule has 1 N–H and O–H groups in total. The molecule has 0 aliphatic carbocycles. The Kier molecular flexibility index (Phi) is 3.36. The van der Waals surface area contributed by atoms with E-state index in [1.807, 2.05) is 11.6 Å². The summed E-state index contributed by atoms with van der Waals surface area (Å²) in [5.74, 6) is 2.60. The van der Waals surface area contributed by atoms with E-state index >= 15 is 0 Å². The second-order valence-electron chi connectivity index (χ2n) is 4.65. The zero-order valence-corrected chi connectivity index (χ0v) is 9.61. The minimum Gasteiger partial charge on any atom is -0.321 e. The third kappa shape index (κ3) is 2.56. The van der Waals surface area contributed by atoms with Gasteiger partial charge in [0.25, 0.3) is 0 Å². The molecule has 2 heterocycles. The van der Waals surface area contributed by atoms with Gasteiger partial charge in [0.2, 0.25) is 0 Å². The summed E-state index contributed by atoms with van der Waals surface area (Å²) in [5.41, 5.74) is 0. The summed E-state index contributed by atoms with van der Waals surface area (Å²) in [6, 6.07) is 0. The van der Waals surface area contributed by atoms with Crippen molar-refractivity contribution in [1.29, 1.82) is 0 Å². The summed E-state index contributed by atoms with van der Waals surface area (Å²) in [4.78, 5) is 0. The molecular weight excluding hydrogens is 188 g/mol. The van der Waals surface area contributed by atoms with Gasteiger partial charge in [-0.1, -0.05) is 6.92 Å². The summed E-state index contributed by atoms with van der Waals surface area (Å²) in [5, 5.41) is 11.5. The Morgan fingerprint density at radius 2 is 2.53 bits per heavy atom. The zero-order valence-electron chi connectivity index (χ0n) is 9.61. The summed E-state index contributed by atoms with van der Waals surface area (Å²) >= 11 is 0. The van der Waals surface area contributed by atoms with Gasteiger partial charge >= 0.3 is 0 Å². The smallest absolute Gasteiger partial charge is 0.132 e. The topological polar surface area (TPSA) is 42.7 Å². The summed E-state index contributed by atoms with van der Waals surface area (Å²) in [7, 11) is 2.02. The minimum atomic E-state index is 0.695. The fourth-order valence-corrected chi connectivity index (χ4v) is 2.31. The summed E-state index contributed by atoms with van der Waals surface area (Å²) in [6.45, 7) is 4.68. The van der Waals surface area contributed by atoms with Crippen molar-refractivity contribution in [2.45, 2.75) is 26.2 Å². The van der Waals surface area contributed by atoms with Crippen molar-refractivity contribution in [1.82, 2.24) is 20.1 Å². The van der Waals surface area contributed by atoms with E-state index in [4.69, 9.17) is 0 Å². The fraction of sp³-hybridized carbons (Fsp3) is 0.818. The molecule has 1 aliphatic rings. The average molecular weight is 208 g/mol.